The summed E-state index contributed by atoms with van der Waals surface area (Å²) in [5.74, 6) is -0.911. The Morgan fingerprint density at radius 1 is 1.53 bits per heavy atom. The molecule has 0 saturated heterocycles. The van der Waals surface area contributed by atoms with E-state index in [4.69, 9.17) is 5.26 Å². The van der Waals surface area contributed by atoms with Crippen molar-refractivity contribution in [3.63, 3.8) is 0 Å². The molecule has 5 heteroatoms. The second-order valence-corrected chi connectivity index (χ2v) is 4.52. The van der Waals surface area contributed by atoms with Crippen LogP contribution in [0, 0.1) is 23.1 Å². The number of rotatable bonds is 5. The van der Waals surface area contributed by atoms with Gasteiger partial charge in [0.2, 0.25) is 0 Å². The van der Waals surface area contributed by atoms with Crippen LogP contribution in [0.1, 0.15) is 25.0 Å². The lowest BCUT2D eigenvalue weighted by atomic mass is 10.0. The SMILES string of the molecule is COC(=O)C(NCc1cccc(C#N)c1F)C(C)C. The standard InChI is InChI=1S/C14H17FN2O2/c1-9(2)13(14(18)19-3)17-8-11-6-4-5-10(7-16)12(11)15/h4-6,9,13,17H,8H2,1-3H3. The maximum absolute atomic E-state index is 13.8. The van der Waals surface area contributed by atoms with Crippen molar-refractivity contribution in [2.24, 2.45) is 5.92 Å². The summed E-state index contributed by atoms with van der Waals surface area (Å²) in [5.41, 5.74) is 0.354. The molecule has 0 aromatic heterocycles. The number of nitriles is 1. The van der Waals surface area contributed by atoms with Gasteiger partial charge < -0.3 is 4.74 Å². The summed E-state index contributed by atoms with van der Waals surface area (Å²) in [6.45, 7) is 3.91. The Morgan fingerprint density at radius 2 is 2.21 bits per heavy atom. The first kappa shape index (κ1) is 15.1. The van der Waals surface area contributed by atoms with Crippen LogP contribution in [-0.4, -0.2) is 19.1 Å². The van der Waals surface area contributed by atoms with Gasteiger partial charge in [0.1, 0.15) is 17.9 Å². The molecule has 0 aliphatic carbocycles. The molecule has 19 heavy (non-hydrogen) atoms. The fourth-order valence-electron chi connectivity index (χ4n) is 1.74. The van der Waals surface area contributed by atoms with E-state index in [1.54, 1.807) is 18.2 Å². The van der Waals surface area contributed by atoms with Crippen molar-refractivity contribution < 1.29 is 13.9 Å². The average molecular weight is 264 g/mol. The topological polar surface area (TPSA) is 62.1 Å². The second-order valence-electron chi connectivity index (χ2n) is 4.52. The Kier molecular flexibility index (Phi) is 5.46. The number of carbonyl (C=O) groups is 1. The maximum Gasteiger partial charge on any atom is 0.323 e. The Bertz CT molecular complexity index is 495. The Hall–Kier alpha value is -1.93. The third-order valence-corrected chi connectivity index (χ3v) is 2.83. The molecule has 1 rings (SSSR count). The van der Waals surface area contributed by atoms with E-state index in [1.165, 1.54) is 13.2 Å². The first-order valence-electron chi connectivity index (χ1n) is 6.00. The summed E-state index contributed by atoms with van der Waals surface area (Å²) < 4.78 is 18.5. The highest BCUT2D eigenvalue weighted by Crippen LogP contribution is 2.13. The van der Waals surface area contributed by atoms with Crippen molar-refractivity contribution in [1.82, 2.24) is 5.32 Å². The molecule has 0 radical (unpaired) electrons. The Balaban J connectivity index is 2.81. The van der Waals surface area contributed by atoms with Crippen LogP contribution in [0.25, 0.3) is 0 Å². The van der Waals surface area contributed by atoms with Gasteiger partial charge in [0.15, 0.2) is 0 Å². The van der Waals surface area contributed by atoms with E-state index < -0.39 is 11.9 Å². The van der Waals surface area contributed by atoms with E-state index in [2.05, 4.69) is 10.1 Å². The quantitative estimate of drug-likeness (QED) is 0.826. The number of nitrogens with zero attached hydrogens (tertiary/aromatic N) is 1. The van der Waals surface area contributed by atoms with Crippen molar-refractivity contribution in [2.45, 2.75) is 26.4 Å². The van der Waals surface area contributed by atoms with E-state index in [9.17, 15) is 9.18 Å². The molecule has 0 spiro atoms. The lowest BCUT2D eigenvalue weighted by Crippen LogP contribution is -2.41. The molecule has 0 heterocycles. The van der Waals surface area contributed by atoms with Crippen molar-refractivity contribution in [2.75, 3.05) is 7.11 Å². The first-order valence-corrected chi connectivity index (χ1v) is 6.00. The molecule has 1 N–H and O–H groups in total. The van der Waals surface area contributed by atoms with Crippen LogP contribution in [0.4, 0.5) is 4.39 Å². The van der Waals surface area contributed by atoms with Crippen LogP contribution in [0.5, 0.6) is 0 Å². The molecule has 1 unspecified atom stereocenters. The molecule has 0 aliphatic heterocycles. The van der Waals surface area contributed by atoms with E-state index in [0.717, 1.165) is 0 Å². The van der Waals surface area contributed by atoms with Crippen molar-refractivity contribution in [3.05, 3.63) is 35.1 Å². The van der Waals surface area contributed by atoms with Crippen LogP contribution < -0.4 is 5.32 Å². The minimum atomic E-state index is -0.551. The number of nitrogens with one attached hydrogen (secondary N) is 1. The van der Waals surface area contributed by atoms with Crippen LogP contribution >= 0.6 is 0 Å². The molecular weight excluding hydrogens is 247 g/mol. The van der Waals surface area contributed by atoms with Gasteiger partial charge in [-0.2, -0.15) is 5.26 Å². The lowest BCUT2D eigenvalue weighted by molar-refractivity contribution is -0.144. The molecule has 102 valence electrons. The number of ether oxygens (including phenoxy) is 1. The number of benzene rings is 1. The zero-order chi connectivity index (χ0) is 14.4. The first-order chi connectivity index (χ1) is 9.01. The van der Waals surface area contributed by atoms with Crippen LogP contribution in [-0.2, 0) is 16.1 Å². The predicted octanol–water partition coefficient (Wildman–Crippen LogP) is 1.98. The zero-order valence-electron chi connectivity index (χ0n) is 11.2. The summed E-state index contributed by atoms with van der Waals surface area (Å²) in [5, 5.41) is 11.7. The van der Waals surface area contributed by atoms with Crippen LogP contribution in [0.15, 0.2) is 18.2 Å². The zero-order valence-corrected chi connectivity index (χ0v) is 11.2. The normalized spacial score (nSPS) is 12.0. The second kappa shape index (κ2) is 6.86. The molecular formula is C14H17FN2O2. The third kappa shape index (κ3) is 3.76. The highest BCUT2D eigenvalue weighted by Gasteiger charge is 2.22. The number of hydrogen-bond acceptors (Lipinski definition) is 4. The molecule has 0 bridgehead atoms. The Labute approximate surface area is 112 Å². The van der Waals surface area contributed by atoms with Gasteiger partial charge in [0.25, 0.3) is 0 Å². The average Bonchev–Trinajstić information content (AvgIpc) is 2.40. The molecule has 1 aromatic rings. The summed E-state index contributed by atoms with van der Waals surface area (Å²) in [4.78, 5) is 11.6. The molecule has 4 nitrogen and oxygen atoms in total. The van der Waals surface area contributed by atoms with Crippen LogP contribution in [0.3, 0.4) is 0 Å². The smallest absolute Gasteiger partial charge is 0.323 e. The highest BCUT2D eigenvalue weighted by atomic mass is 19.1. The fraction of sp³-hybridized carbons (Fsp3) is 0.429. The number of methoxy groups -OCH3 is 1. The molecule has 1 atom stereocenters. The lowest BCUT2D eigenvalue weighted by Gasteiger charge is -2.20. The van der Waals surface area contributed by atoms with Gasteiger partial charge in [-0.1, -0.05) is 26.0 Å². The number of esters is 1. The van der Waals surface area contributed by atoms with E-state index in [0.29, 0.717) is 5.56 Å². The van der Waals surface area contributed by atoms with Gasteiger partial charge in [-0.15, -0.1) is 0 Å². The van der Waals surface area contributed by atoms with E-state index in [1.807, 2.05) is 13.8 Å². The van der Waals surface area contributed by atoms with Gasteiger partial charge >= 0.3 is 5.97 Å². The summed E-state index contributed by atoms with van der Waals surface area (Å²) in [6, 6.07) is 5.89. The van der Waals surface area contributed by atoms with Crippen molar-refractivity contribution in [3.8, 4) is 6.07 Å². The number of carbonyl (C=O) groups excluding carboxylic acids is 1. The largest absolute Gasteiger partial charge is 0.468 e. The highest BCUT2D eigenvalue weighted by molar-refractivity contribution is 5.75. The van der Waals surface area contributed by atoms with Gasteiger partial charge in [-0.05, 0) is 12.0 Å². The van der Waals surface area contributed by atoms with Gasteiger partial charge in [0.05, 0.1) is 12.7 Å². The van der Waals surface area contributed by atoms with Crippen molar-refractivity contribution >= 4 is 5.97 Å². The van der Waals surface area contributed by atoms with Crippen LogP contribution in [0.2, 0.25) is 0 Å². The van der Waals surface area contributed by atoms with Crippen molar-refractivity contribution in [1.29, 1.82) is 5.26 Å². The number of halogens is 1. The van der Waals surface area contributed by atoms with E-state index >= 15 is 0 Å². The minimum Gasteiger partial charge on any atom is -0.468 e. The predicted molar refractivity (Wildman–Crippen MR) is 68.6 cm³/mol. The third-order valence-electron chi connectivity index (χ3n) is 2.83. The van der Waals surface area contributed by atoms with Gasteiger partial charge in [0, 0.05) is 12.1 Å². The van der Waals surface area contributed by atoms with Gasteiger partial charge in [-0.25, -0.2) is 4.39 Å². The monoisotopic (exact) mass is 264 g/mol. The molecule has 1 aromatic carbocycles. The van der Waals surface area contributed by atoms with E-state index in [-0.39, 0.29) is 24.0 Å². The fourth-order valence-corrected chi connectivity index (χ4v) is 1.74. The van der Waals surface area contributed by atoms with Gasteiger partial charge in [-0.3, -0.25) is 10.1 Å². The summed E-state index contributed by atoms with van der Waals surface area (Å²) >= 11 is 0. The Morgan fingerprint density at radius 3 is 2.74 bits per heavy atom. The molecule has 0 saturated carbocycles. The summed E-state index contributed by atoms with van der Waals surface area (Å²) in [6.07, 6.45) is 0. The molecule has 0 fully saturated rings. The number of hydrogen-bond donors (Lipinski definition) is 1. The summed E-state index contributed by atoms with van der Waals surface area (Å²) in [7, 11) is 1.32. The minimum absolute atomic E-state index is 0.00142. The molecule has 0 amide bonds. The molecule has 0 aliphatic rings. The maximum atomic E-state index is 13.8.